The maximum atomic E-state index is 8.25. The number of ether oxygens (including phenoxy) is 1. The molecule has 0 aliphatic rings. The quantitative estimate of drug-likeness (QED) is 0.385. The highest BCUT2D eigenvalue weighted by molar-refractivity contribution is 5.20. The number of allylic oxidation sites excluding steroid dienone is 1. The maximum Gasteiger partial charge on any atom is 0.110 e. The molecule has 0 amide bonds. The molecule has 0 radical (unpaired) electrons. The van der Waals surface area contributed by atoms with Crippen LogP contribution >= 0.6 is 0 Å². The van der Waals surface area contributed by atoms with Crippen LogP contribution in [0.4, 0.5) is 0 Å². The summed E-state index contributed by atoms with van der Waals surface area (Å²) in [6.07, 6.45) is 6.45. The van der Waals surface area contributed by atoms with E-state index in [1.54, 1.807) is 6.92 Å². The molecule has 0 heterocycles. The Morgan fingerprint density at radius 1 is 1.64 bits per heavy atom. The number of rotatable bonds is 3. The lowest BCUT2D eigenvalue weighted by Gasteiger charge is -1.94. The molecule has 0 saturated heterocycles. The molecule has 0 bridgehead atoms. The Labute approximate surface area is 69.9 Å². The van der Waals surface area contributed by atoms with E-state index in [0.29, 0.717) is 6.61 Å². The average molecular weight is 158 g/mol. The van der Waals surface area contributed by atoms with Crippen LogP contribution in [0.25, 0.3) is 0 Å². The van der Waals surface area contributed by atoms with Crippen LogP contribution in [0.1, 0.15) is 21.8 Å². The van der Waals surface area contributed by atoms with Gasteiger partial charge in [0.25, 0.3) is 0 Å². The van der Waals surface area contributed by atoms with Crippen molar-refractivity contribution in [3.63, 3.8) is 0 Å². The Kier molecular flexibility index (Phi) is 17.8. The van der Waals surface area contributed by atoms with Gasteiger partial charge in [-0.15, -0.1) is 6.42 Å². The van der Waals surface area contributed by atoms with Gasteiger partial charge in [0.1, 0.15) is 6.61 Å². The number of hydrogen-bond donors (Lipinski definition) is 1. The molecule has 0 aromatic heterocycles. The van der Waals surface area contributed by atoms with E-state index in [1.807, 2.05) is 0 Å². The first-order valence-electron chi connectivity index (χ1n) is 2.67. The lowest BCUT2D eigenvalue weighted by molar-refractivity contribution is 0.165. The molecule has 0 fully saturated rings. The van der Waals surface area contributed by atoms with Crippen molar-refractivity contribution in [1.82, 2.24) is 0 Å². The monoisotopic (exact) mass is 158 g/mol. The van der Waals surface area contributed by atoms with Gasteiger partial charge in [-0.1, -0.05) is 20.8 Å². The fraction of sp³-hybridized carbons (Fsp3) is 0.556. The molecule has 0 spiro atoms. The molecule has 0 aromatic carbocycles. The van der Waals surface area contributed by atoms with Crippen molar-refractivity contribution in [2.45, 2.75) is 21.8 Å². The fourth-order valence-corrected chi connectivity index (χ4v) is 0.271. The zero-order valence-electron chi connectivity index (χ0n) is 5.42. The number of aliphatic hydroxyl groups excluding tert-OH is 1. The van der Waals surface area contributed by atoms with Gasteiger partial charge >= 0.3 is 0 Å². The van der Waals surface area contributed by atoms with E-state index < -0.39 is 0 Å². The molecule has 0 aliphatic heterocycles. The number of hydrogen-bond acceptors (Lipinski definition) is 2. The van der Waals surface area contributed by atoms with Crippen LogP contribution in [0.5, 0.6) is 0 Å². The van der Waals surface area contributed by atoms with Crippen LogP contribution in [0, 0.1) is 12.3 Å². The summed E-state index contributed by atoms with van der Waals surface area (Å²) in [4.78, 5) is 0. The van der Waals surface area contributed by atoms with Gasteiger partial charge in [0, 0.05) is 5.57 Å². The van der Waals surface area contributed by atoms with Crippen molar-refractivity contribution in [2.75, 3.05) is 13.2 Å². The second-order valence-corrected chi connectivity index (χ2v) is 1.54. The van der Waals surface area contributed by atoms with Gasteiger partial charge in [0.2, 0.25) is 0 Å². The van der Waals surface area contributed by atoms with Crippen LogP contribution in [0.3, 0.4) is 0 Å². The summed E-state index contributed by atoms with van der Waals surface area (Å²) in [5, 5.41) is 8.25. The Balaban J connectivity index is -0.000000320. The van der Waals surface area contributed by atoms with E-state index in [1.165, 1.54) is 6.26 Å². The molecule has 66 valence electrons. The minimum atomic E-state index is 0. The van der Waals surface area contributed by atoms with E-state index in [4.69, 9.17) is 16.3 Å². The largest absolute Gasteiger partial charge is 0.498 e. The molecule has 0 unspecified atom stereocenters. The summed E-state index contributed by atoms with van der Waals surface area (Å²) in [5.74, 6) is 2.38. The third-order valence-corrected chi connectivity index (χ3v) is 0.697. The van der Waals surface area contributed by atoms with E-state index in [2.05, 4.69) is 5.92 Å². The van der Waals surface area contributed by atoms with E-state index in [-0.39, 0.29) is 21.5 Å². The smallest absolute Gasteiger partial charge is 0.110 e. The van der Waals surface area contributed by atoms with Crippen molar-refractivity contribution in [1.29, 1.82) is 0 Å². The Morgan fingerprint density at radius 2 is 2.18 bits per heavy atom. The molecular weight excluding hydrogens is 140 g/mol. The van der Waals surface area contributed by atoms with Gasteiger partial charge < -0.3 is 9.84 Å². The van der Waals surface area contributed by atoms with Gasteiger partial charge in [0.05, 0.1) is 12.9 Å². The summed E-state index contributed by atoms with van der Waals surface area (Å²) in [5.41, 5.74) is 0.725. The van der Waals surface area contributed by atoms with E-state index >= 15 is 0 Å². The number of terminal acetylenes is 1. The Hall–Kier alpha value is -0.940. The highest BCUT2D eigenvalue weighted by atomic mass is 16.5. The normalized spacial score (nSPS) is 8.64. The number of aliphatic hydroxyl groups is 1. The van der Waals surface area contributed by atoms with Crippen LogP contribution in [-0.4, -0.2) is 18.3 Å². The second kappa shape index (κ2) is 11.8. The SMILES string of the molecule is C.C.C#C/C(C)=C\OCCO. The van der Waals surface area contributed by atoms with E-state index in [0.717, 1.165) is 5.57 Å². The summed E-state index contributed by atoms with van der Waals surface area (Å²) < 4.78 is 4.78. The third kappa shape index (κ3) is 12.3. The highest BCUT2D eigenvalue weighted by Crippen LogP contribution is 1.87. The van der Waals surface area contributed by atoms with Gasteiger partial charge in [-0.3, -0.25) is 0 Å². The standard InChI is InChI=1S/C7H10O2.2CH4/c1-3-7(2)6-9-5-4-8;;/h1,6,8H,4-5H2,2H3;2*1H4/b7-6-;;. The molecule has 2 nitrogen and oxygen atoms in total. The van der Waals surface area contributed by atoms with Crippen molar-refractivity contribution >= 4 is 0 Å². The maximum absolute atomic E-state index is 8.25. The zero-order chi connectivity index (χ0) is 7.11. The summed E-state index contributed by atoms with van der Waals surface area (Å²) in [7, 11) is 0. The Morgan fingerprint density at radius 3 is 2.55 bits per heavy atom. The van der Waals surface area contributed by atoms with Crippen molar-refractivity contribution in [3.05, 3.63) is 11.8 Å². The van der Waals surface area contributed by atoms with Crippen LogP contribution in [-0.2, 0) is 4.74 Å². The van der Waals surface area contributed by atoms with Crippen LogP contribution < -0.4 is 0 Å². The van der Waals surface area contributed by atoms with Crippen molar-refractivity contribution in [3.8, 4) is 12.3 Å². The predicted octanol–water partition coefficient (Wildman–Crippen LogP) is 1.80. The van der Waals surface area contributed by atoms with Gasteiger partial charge in [0.15, 0.2) is 0 Å². The Bertz CT molecular complexity index is 131. The molecule has 11 heavy (non-hydrogen) atoms. The topological polar surface area (TPSA) is 29.5 Å². The van der Waals surface area contributed by atoms with Gasteiger partial charge in [-0.2, -0.15) is 0 Å². The van der Waals surface area contributed by atoms with Crippen LogP contribution in [0.2, 0.25) is 0 Å². The van der Waals surface area contributed by atoms with Gasteiger partial charge in [-0.05, 0) is 6.92 Å². The molecule has 1 N–H and O–H groups in total. The minimum Gasteiger partial charge on any atom is -0.498 e. The molecule has 0 rings (SSSR count). The first-order valence-corrected chi connectivity index (χ1v) is 2.67. The first kappa shape index (κ1) is 16.6. The first-order chi connectivity index (χ1) is 4.31. The summed E-state index contributed by atoms with van der Waals surface area (Å²) in [6, 6.07) is 0. The molecule has 2 heteroatoms. The minimum absolute atomic E-state index is 0. The third-order valence-electron chi connectivity index (χ3n) is 0.697. The summed E-state index contributed by atoms with van der Waals surface area (Å²) >= 11 is 0. The lowest BCUT2D eigenvalue weighted by Crippen LogP contribution is -1.92. The predicted molar refractivity (Wildman–Crippen MR) is 49.1 cm³/mol. The van der Waals surface area contributed by atoms with Gasteiger partial charge in [-0.25, -0.2) is 0 Å². The molecule has 0 saturated carbocycles. The molecule has 0 aromatic rings. The average Bonchev–Trinajstić information content (AvgIpc) is 1.89. The van der Waals surface area contributed by atoms with Crippen molar-refractivity contribution in [2.24, 2.45) is 0 Å². The molecular formula is C9H18O2. The fourth-order valence-electron chi connectivity index (χ4n) is 0.271. The van der Waals surface area contributed by atoms with E-state index in [9.17, 15) is 0 Å². The lowest BCUT2D eigenvalue weighted by atomic mass is 10.4. The van der Waals surface area contributed by atoms with Crippen LogP contribution in [0.15, 0.2) is 11.8 Å². The molecule has 0 aliphatic carbocycles. The highest BCUT2D eigenvalue weighted by Gasteiger charge is 1.79. The summed E-state index contributed by atoms with van der Waals surface area (Å²) in [6.45, 7) is 2.09. The second-order valence-electron chi connectivity index (χ2n) is 1.54. The van der Waals surface area contributed by atoms with Crippen molar-refractivity contribution < 1.29 is 9.84 Å². The zero-order valence-corrected chi connectivity index (χ0v) is 5.42. The molecule has 0 atom stereocenters.